The molecule has 0 fully saturated rings. The Morgan fingerprint density at radius 3 is 1.85 bits per heavy atom. The molecular formula is C22H30O3Si. The number of benzene rings is 2. The van der Waals surface area contributed by atoms with Crippen LogP contribution < -0.4 is 10.4 Å². The standard InChI is InChI=1S/C22H30O3Si/c1-5-24-21(23)17-12-18-25-26(22(2,3)4,19-13-8-6-9-14-19)20-15-10-7-11-16-20/h6-11,13-16H,5,12,17-18H2,1-4H3. The fourth-order valence-corrected chi connectivity index (χ4v) is 8.04. The van der Waals surface area contributed by atoms with E-state index in [4.69, 9.17) is 9.16 Å². The van der Waals surface area contributed by atoms with E-state index in [1.807, 2.05) is 19.1 Å². The fraction of sp³-hybridized carbons (Fsp3) is 0.409. The number of hydrogen-bond acceptors (Lipinski definition) is 3. The molecule has 0 aromatic heterocycles. The summed E-state index contributed by atoms with van der Waals surface area (Å²) in [4.78, 5) is 11.6. The zero-order valence-corrected chi connectivity index (χ0v) is 17.3. The van der Waals surface area contributed by atoms with Crippen molar-refractivity contribution in [3.8, 4) is 0 Å². The van der Waals surface area contributed by atoms with E-state index >= 15 is 0 Å². The molecule has 0 unspecified atom stereocenters. The second-order valence-corrected chi connectivity index (χ2v) is 11.7. The summed E-state index contributed by atoms with van der Waals surface area (Å²) in [6.45, 7) is 9.57. The first-order chi connectivity index (χ1) is 12.4. The minimum absolute atomic E-state index is 0.0420. The quantitative estimate of drug-likeness (QED) is 0.401. The number of hydrogen-bond donors (Lipinski definition) is 0. The minimum Gasteiger partial charge on any atom is -0.466 e. The van der Waals surface area contributed by atoms with Gasteiger partial charge in [-0.05, 0) is 28.8 Å². The highest BCUT2D eigenvalue weighted by atomic mass is 28.4. The Bertz CT molecular complexity index is 638. The average Bonchev–Trinajstić information content (AvgIpc) is 2.62. The second-order valence-electron chi connectivity index (χ2n) is 7.42. The van der Waals surface area contributed by atoms with Crippen molar-refractivity contribution in [1.29, 1.82) is 0 Å². The molecule has 0 radical (unpaired) electrons. The van der Waals surface area contributed by atoms with Gasteiger partial charge in [0.15, 0.2) is 0 Å². The largest absolute Gasteiger partial charge is 0.466 e. The zero-order chi connectivity index (χ0) is 19.0. The van der Waals surface area contributed by atoms with Gasteiger partial charge in [0.1, 0.15) is 0 Å². The maximum Gasteiger partial charge on any atom is 0.305 e. The molecule has 0 aliphatic carbocycles. The van der Waals surface area contributed by atoms with Gasteiger partial charge in [-0.3, -0.25) is 4.79 Å². The second kappa shape index (κ2) is 9.15. The van der Waals surface area contributed by atoms with Gasteiger partial charge in [-0.15, -0.1) is 0 Å². The molecule has 0 saturated heterocycles. The molecular weight excluding hydrogens is 340 g/mol. The van der Waals surface area contributed by atoms with Crippen LogP contribution >= 0.6 is 0 Å². The van der Waals surface area contributed by atoms with Gasteiger partial charge in [-0.2, -0.15) is 0 Å². The van der Waals surface area contributed by atoms with E-state index in [2.05, 4.69) is 69.3 Å². The summed E-state index contributed by atoms with van der Waals surface area (Å²) in [5, 5.41) is 2.48. The highest BCUT2D eigenvalue weighted by molar-refractivity contribution is 6.99. The van der Waals surface area contributed by atoms with Crippen LogP contribution in [-0.2, 0) is 14.0 Å². The lowest BCUT2D eigenvalue weighted by atomic mass is 10.2. The van der Waals surface area contributed by atoms with E-state index in [9.17, 15) is 4.79 Å². The summed E-state index contributed by atoms with van der Waals surface area (Å²) in [5.74, 6) is -0.154. The van der Waals surface area contributed by atoms with Gasteiger partial charge in [0.25, 0.3) is 8.32 Å². The molecule has 0 spiro atoms. The van der Waals surface area contributed by atoms with Gasteiger partial charge in [-0.1, -0.05) is 81.4 Å². The lowest BCUT2D eigenvalue weighted by Gasteiger charge is -2.43. The topological polar surface area (TPSA) is 35.5 Å². The fourth-order valence-electron chi connectivity index (χ4n) is 3.44. The van der Waals surface area contributed by atoms with Gasteiger partial charge >= 0.3 is 5.97 Å². The highest BCUT2D eigenvalue weighted by Gasteiger charge is 2.49. The van der Waals surface area contributed by atoms with E-state index in [0.717, 1.165) is 0 Å². The van der Waals surface area contributed by atoms with Crippen molar-refractivity contribution in [1.82, 2.24) is 0 Å². The van der Waals surface area contributed by atoms with Crippen molar-refractivity contribution in [2.75, 3.05) is 13.2 Å². The van der Waals surface area contributed by atoms with Gasteiger partial charge in [0.2, 0.25) is 0 Å². The van der Waals surface area contributed by atoms with Crippen LogP contribution in [0.4, 0.5) is 0 Å². The molecule has 0 aliphatic heterocycles. The van der Waals surface area contributed by atoms with Crippen LogP contribution in [0.1, 0.15) is 40.5 Å². The van der Waals surface area contributed by atoms with Crippen molar-refractivity contribution < 1.29 is 14.0 Å². The van der Waals surface area contributed by atoms with Crippen LogP contribution in [-0.4, -0.2) is 27.5 Å². The molecule has 26 heavy (non-hydrogen) atoms. The molecule has 140 valence electrons. The summed E-state index contributed by atoms with van der Waals surface area (Å²) < 4.78 is 11.8. The molecule has 2 rings (SSSR count). The minimum atomic E-state index is -2.49. The SMILES string of the molecule is CCOC(=O)CCCO[Si](c1ccccc1)(c1ccccc1)C(C)(C)C. The van der Waals surface area contributed by atoms with Crippen LogP contribution in [0.3, 0.4) is 0 Å². The molecule has 0 saturated carbocycles. The molecule has 3 nitrogen and oxygen atoms in total. The first-order valence-corrected chi connectivity index (χ1v) is 11.2. The molecule has 0 N–H and O–H groups in total. The van der Waals surface area contributed by atoms with Gasteiger partial charge < -0.3 is 9.16 Å². The Labute approximate surface area is 158 Å². The normalized spacial score (nSPS) is 12.0. The lowest BCUT2D eigenvalue weighted by Crippen LogP contribution is -2.66. The summed E-state index contributed by atoms with van der Waals surface area (Å²) in [5.41, 5.74) is 0. The zero-order valence-electron chi connectivity index (χ0n) is 16.3. The number of carbonyl (C=O) groups is 1. The number of rotatable bonds is 8. The molecule has 0 bridgehead atoms. The van der Waals surface area contributed by atoms with Crippen LogP contribution in [0.2, 0.25) is 5.04 Å². The maximum atomic E-state index is 11.6. The molecule has 4 heteroatoms. The summed E-state index contributed by atoms with van der Waals surface area (Å²) in [6, 6.07) is 21.1. The van der Waals surface area contributed by atoms with Gasteiger partial charge in [-0.25, -0.2) is 0 Å². The van der Waals surface area contributed by atoms with Crippen molar-refractivity contribution in [3.05, 3.63) is 60.7 Å². The van der Waals surface area contributed by atoms with Crippen LogP contribution in [0, 0.1) is 0 Å². The average molecular weight is 371 g/mol. The third kappa shape index (κ3) is 4.62. The monoisotopic (exact) mass is 370 g/mol. The molecule has 0 aliphatic rings. The predicted octanol–water partition coefficient (Wildman–Crippen LogP) is 3.91. The summed E-state index contributed by atoms with van der Waals surface area (Å²) >= 11 is 0. The van der Waals surface area contributed by atoms with E-state index in [1.54, 1.807) is 0 Å². The molecule has 0 atom stereocenters. The van der Waals surface area contributed by atoms with Crippen molar-refractivity contribution >= 4 is 24.7 Å². The van der Waals surface area contributed by atoms with Crippen molar-refractivity contribution in [2.24, 2.45) is 0 Å². The first-order valence-electron chi connectivity index (χ1n) is 9.32. The predicted molar refractivity (Wildman–Crippen MR) is 109 cm³/mol. The Morgan fingerprint density at radius 1 is 0.923 bits per heavy atom. The Morgan fingerprint density at radius 2 is 1.42 bits per heavy atom. The molecule has 2 aromatic rings. The van der Waals surface area contributed by atoms with E-state index < -0.39 is 8.32 Å². The van der Waals surface area contributed by atoms with E-state index in [1.165, 1.54) is 10.4 Å². The molecule has 2 aromatic carbocycles. The van der Waals surface area contributed by atoms with Crippen LogP contribution in [0.25, 0.3) is 0 Å². The third-order valence-electron chi connectivity index (χ3n) is 4.57. The van der Waals surface area contributed by atoms with E-state index in [0.29, 0.717) is 26.1 Å². The van der Waals surface area contributed by atoms with Crippen molar-refractivity contribution in [3.63, 3.8) is 0 Å². The lowest BCUT2D eigenvalue weighted by molar-refractivity contribution is -0.143. The smallest absolute Gasteiger partial charge is 0.305 e. The summed E-state index contributed by atoms with van der Waals surface area (Å²) in [6.07, 6.45) is 1.06. The van der Waals surface area contributed by atoms with E-state index in [-0.39, 0.29) is 11.0 Å². The number of esters is 1. The maximum absolute atomic E-state index is 11.6. The van der Waals surface area contributed by atoms with Crippen LogP contribution in [0.5, 0.6) is 0 Å². The van der Waals surface area contributed by atoms with Crippen molar-refractivity contribution in [2.45, 2.75) is 45.6 Å². The highest BCUT2D eigenvalue weighted by Crippen LogP contribution is 2.36. The van der Waals surface area contributed by atoms with Gasteiger partial charge in [0.05, 0.1) is 6.61 Å². The Hall–Kier alpha value is -1.91. The molecule has 0 amide bonds. The number of ether oxygens (including phenoxy) is 1. The van der Waals surface area contributed by atoms with Gasteiger partial charge in [0, 0.05) is 13.0 Å². The first kappa shape index (κ1) is 20.4. The summed E-state index contributed by atoms with van der Waals surface area (Å²) in [7, 11) is -2.49. The third-order valence-corrected chi connectivity index (χ3v) is 9.61. The Kier molecular flexibility index (Phi) is 7.18. The van der Waals surface area contributed by atoms with Crippen LogP contribution in [0.15, 0.2) is 60.7 Å². The Balaban J connectivity index is 2.33. The number of carbonyl (C=O) groups excluding carboxylic acids is 1. The molecule has 0 heterocycles.